The quantitative estimate of drug-likeness (QED) is 0.330. The number of carbonyl (C=O) groups is 2. The molecule has 7 nitrogen and oxygen atoms in total. The standard InChI is InChI=1S/C26H31NO6/c1-5-32-20-11-9-18(10-12-20)24(28)22-23(27(13-14-31-4)26(30)25(22)29)19-7-6-8-21(15-19)33-16-17(2)3/h6-12,15,17,23,28H,5,13-14,16H2,1-4H3/b24-22-. The Kier molecular flexibility index (Phi) is 8.11. The molecule has 1 amide bonds. The van der Waals surface area contributed by atoms with E-state index in [0.717, 1.165) is 0 Å². The van der Waals surface area contributed by atoms with Crippen LogP contribution in [0.1, 0.15) is 37.9 Å². The number of nitrogens with zero attached hydrogens (tertiary/aromatic N) is 1. The van der Waals surface area contributed by atoms with Gasteiger partial charge < -0.3 is 24.2 Å². The summed E-state index contributed by atoms with van der Waals surface area (Å²) in [4.78, 5) is 27.4. The molecule has 0 bridgehead atoms. The van der Waals surface area contributed by atoms with Crippen LogP contribution >= 0.6 is 0 Å². The number of benzene rings is 2. The summed E-state index contributed by atoms with van der Waals surface area (Å²) in [6.07, 6.45) is 0. The molecule has 1 aliphatic heterocycles. The Morgan fingerprint density at radius 2 is 1.79 bits per heavy atom. The van der Waals surface area contributed by atoms with Crippen LogP contribution in [0, 0.1) is 5.92 Å². The predicted octanol–water partition coefficient (Wildman–Crippen LogP) is 4.19. The molecule has 0 spiro atoms. The highest BCUT2D eigenvalue weighted by atomic mass is 16.5. The van der Waals surface area contributed by atoms with Gasteiger partial charge in [-0.2, -0.15) is 0 Å². The summed E-state index contributed by atoms with van der Waals surface area (Å²) in [5, 5.41) is 11.1. The van der Waals surface area contributed by atoms with Crippen LogP contribution in [0.25, 0.3) is 5.76 Å². The van der Waals surface area contributed by atoms with E-state index in [4.69, 9.17) is 14.2 Å². The smallest absolute Gasteiger partial charge is 0.295 e. The number of ketones is 1. The van der Waals surface area contributed by atoms with Gasteiger partial charge in [0.05, 0.1) is 31.4 Å². The Bertz CT molecular complexity index is 1010. The Morgan fingerprint density at radius 1 is 1.06 bits per heavy atom. The lowest BCUT2D eigenvalue weighted by atomic mass is 9.95. The number of rotatable bonds is 10. The van der Waals surface area contributed by atoms with Gasteiger partial charge in [-0.25, -0.2) is 0 Å². The van der Waals surface area contributed by atoms with Crippen LogP contribution in [0.4, 0.5) is 0 Å². The minimum atomic E-state index is -0.755. The highest BCUT2D eigenvalue weighted by Crippen LogP contribution is 2.40. The third kappa shape index (κ3) is 5.54. The van der Waals surface area contributed by atoms with Crippen LogP contribution < -0.4 is 9.47 Å². The molecule has 1 heterocycles. The van der Waals surface area contributed by atoms with Gasteiger partial charge in [-0.1, -0.05) is 26.0 Å². The van der Waals surface area contributed by atoms with E-state index in [0.29, 0.717) is 41.8 Å². The second-order valence-electron chi connectivity index (χ2n) is 8.22. The lowest BCUT2D eigenvalue weighted by Crippen LogP contribution is -2.32. The van der Waals surface area contributed by atoms with Crippen molar-refractivity contribution in [1.29, 1.82) is 0 Å². The van der Waals surface area contributed by atoms with Gasteiger partial charge in [0.15, 0.2) is 0 Å². The first kappa shape index (κ1) is 24.3. The van der Waals surface area contributed by atoms with Crippen molar-refractivity contribution in [3.63, 3.8) is 0 Å². The third-order valence-corrected chi connectivity index (χ3v) is 5.27. The third-order valence-electron chi connectivity index (χ3n) is 5.27. The number of ether oxygens (including phenoxy) is 3. The first-order valence-electron chi connectivity index (χ1n) is 11.1. The van der Waals surface area contributed by atoms with Gasteiger partial charge in [-0.05, 0) is 54.8 Å². The number of aliphatic hydroxyl groups is 1. The number of hydrogen-bond donors (Lipinski definition) is 1. The Morgan fingerprint density at radius 3 is 2.42 bits per heavy atom. The van der Waals surface area contributed by atoms with Gasteiger partial charge in [0.2, 0.25) is 0 Å². The Hall–Kier alpha value is -3.32. The van der Waals surface area contributed by atoms with E-state index in [9.17, 15) is 14.7 Å². The summed E-state index contributed by atoms with van der Waals surface area (Å²) in [5.74, 6) is 0.0187. The van der Waals surface area contributed by atoms with E-state index in [2.05, 4.69) is 13.8 Å². The molecule has 1 unspecified atom stereocenters. The topological polar surface area (TPSA) is 85.3 Å². The molecule has 1 fully saturated rings. The average molecular weight is 454 g/mol. The molecule has 176 valence electrons. The highest BCUT2D eigenvalue weighted by Gasteiger charge is 2.46. The largest absolute Gasteiger partial charge is 0.507 e. The Balaban J connectivity index is 2.06. The van der Waals surface area contributed by atoms with E-state index < -0.39 is 17.7 Å². The summed E-state index contributed by atoms with van der Waals surface area (Å²) >= 11 is 0. The number of carbonyl (C=O) groups excluding carboxylic acids is 2. The number of hydrogen-bond acceptors (Lipinski definition) is 6. The van der Waals surface area contributed by atoms with Gasteiger partial charge in [0.25, 0.3) is 11.7 Å². The molecule has 0 aromatic heterocycles. The van der Waals surface area contributed by atoms with Crippen molar-refractivity contribution in [2.75, 3.05) is 33.5 Å². The molecular formula is C26H31NO6. The maximum absolute atomic E-state index is 13.0. The molecule has 1 atom stereocenters. The van der Waals surface area contributed by atoms with E-state index in [1.165, 1.54) is 12.0 Å². The summed E-state index contributed by atoms with van der Waals surface area (Å²) in [5.41, 5.74) is 1.15. The molecule has 1 N–H and O–H groups in total. The van der Waals surface area contributed by atoms with Crippen molar-refractivity contribution in [2.45, 2.75) is 26.8 Å². The van der Waals surface area contributed by atoms with Crippen LogP contribution in [0.15, 0.2) is 54.1 Å². The van der Waals surface area contributed by atoms with Crippen molar-refractivity contribution in [3.05, 3.63) is 65.2 Å². The monoisotopic (exact) mass is 453 g/mol. The molecule has 0 aliphatic carbocycles. The molecule has 0 radical (unpaired) electrons. The molecule has 1 aliphatic rings. The van der Waals surface area contributed by atoms with Gasteiger partial charge in [-0.3, -0.25) is 9.59 Å². The highest BCUT2D eigenvalue weighted by molar-refractivity contribution is 6.46. The fourth-order valence-electron chi connectivity index (χ4n) is 3.72. The zero-order valence-electron chi connectivity index (χ0n) is 19.5. The molecular weight excluding hydrogens is 422 g/mol. The van der Waals surface area contributed by atoms with E-state index in [1.807, 2.05) is 31.2 Å². The zero-order valence-corrected chi connectivity index (χ0v) is 19.5. The van der Waals surface area contributed by atoms with Crippen LogP contribution in [0.5, 0.6) is 11.5 Å². The maximum Gasteiger partial charge on any atom is 0.295 e. The van der Waals surface area contributed by atoms with Crippen molar-refractivity contribution in [2.24, 2.45) is 5.92 Å². The molecule has 0 saturated carbocycles. The Labute approximate surface area is 194 Å². The van der Waals surface area contributed by atoms with E-state index >= 15 is 0 Å². The van der Waals surface area contributed by atoms with Crippen LogP contribution in [0.2, 0.25) is 0 Å². The number of aliphatic hydroxyl groups excluding tert-OH is 1. The minimum absolute atomic E-state index is 0.0428. The van der Waals surface area contributed by atoms with Gasteiger partial charge >= 0.3 is 0 Å². The summed E-state index contributed by atoms with van der Waals surface area (Å²) in [6, 6.07) is 13.3. The summed E-state index contributed by atoms with van der Waals surface area (Å²) in [6.45, 7) is 7.53. The normalized spacial score (nSPS) is 17.6. The lowest BCUT2D eigenvalue weighted by Gasteiger charge is -2.25. The van der Waals surface area contributed by atoms with Gasteiger partial charge in [0, 0.05) is 19.2 Å². The molecule has 1 saturated heterocycles. The number of Topliss-reactive ketones (excluding diaryl/α,β-unsaturated/α-hetero) is 1. The summed E-state index contributed by atoms with van der Waals surface area (Å²) in [7, 11) is 1.53. The number of likely N-dealkylation sites (tertiary alicyclic amines) is 1. The SMILES string of the molecule is CCOc1ccc(/C(O)=C2/C(=O)C(=O)N(CCOC)C2c2cccc(OCC(C)C)c2)cc1. The number of amides is 1. The second-order valence-corrected chi connectivity index (χ2v) is 8.22. The minimum Gasteiger partial charge on any atom is -0.507 e. The first-order chi connectivity index (χ1) is 15.9. The van der Waals surface area contributed by atoms with Crippen molar-refractivity contribution >= 4 is 17.4 Å². The van der Waals surface area contributed by atoms with Crippen molar-refractivity contribution in [3.8, 4) is 11.5 Å². The average Bonchev–Trinajstić information content (AvgIpc) is 3.06. The first-order valence-corrected chi connectivity index (χ1v) is 11.1. The fraction of sp³-hybridized carbons (Fsp3) is 0.385. The van der Waals surface area contributed by atoms with Gasteiger partial charge in [0.1, 0.15) is 17.3 Å². The van der Waals surface area contributed by atoms with Crippen molar-refractivity contribution in [1.82, 2.24) is 4.90 Å². The fourth-order valence-corrected chi connectivity index (χ4v) is 3.72. The van der Waals surface area contributed by atoms with Crippen LogP contribution in [0.3, 0.4) is 0 Å². The molecule has 33 heavy (non-hydrogen) atoms. The lowest BCUT2D eigenvalue weighted by molar-refractivity contribution is -0.140. The van der Waals surface area contributed by atoms with E-state index in [1.54, 1.807) is 24.3 Å². The molecule has 2 aromatic carbocycles. The number of methoxy groups -OCH3 is 1. The zero-order chi connectivity index (χ0) is 24.0. The molecule has 2 aromatic rings. The maximum atomic E-state index is 13.0. The predicted molar refractivity (Wildman–Crippen MR) is 125 cm³/mol. The van der Waals surface area contributed by atoms with Crippen LogP contribution in [-0.4, -0.2) is 55.2 Å². The van der Waals surface area contributed by atoms with Crippen molar-refractivity contribution < 1.29 is 28.9 Å². The molecule has 7 heteroatoms. The second kappa shape index (κ2) is 11.0. The summed E-state index contributed by atoms with van der Waals surface area (Å²) < 4.78 is 16.5. The van der Waals surface area contributed by atoms with Crippen LogP contribution in [-0.2, 0) is 14.3 Å². The van der Waals surface area contributed by atoms with Gasteiger partial charge in [-0.15, -0.1) is 0 Å². The molecule has 3 rings (SSSR count). The van der Waals surface area contributed by atoms with E-state index in [-0.39, 0.29) is 24.5 Å².